The summed E-state index contributed by atoms with van der Waals surface area (Å²) >= 11 is 0. The van der Waals surface area contributed by atoms with Crippen molar-refractivity contribution < 1.29 is 25.6 Å². The van der Waals surface area contributed by atoms with Gasteiger partial charge in [-0.15, -0.1) is 0 Å². The fraction of sp³-hybridized carbons (Fsp3) is 0.333. The molecule has 0 fully saturated rings. The molecule has 0 saturated carbocycles. The molecule has 1 rings (SSSR count). The monoisotopic (exact) mass is 333 g/mol. The van der Waals surface area contributed by atoms with Gasteiger partial charge in [0.15, 0.2) is 11.6 Å². The molecule has 0 bridgehead atoms. The summed E-state index contributed by atoms with van der Waals surface area (Å²) in [4.78, 5) is -0.795. The van der Waals surface area contributed by atoms with E-state index < -0.39 is 46.5 Å². The molecule has 0 saturated heterocycles. The standard InChI is InChI=1S/C9H10ClF2NO4S2/c1-5(2)19(16,17)13-9-7(11)3-6(4-8(9)12)18(10,14)15/h3-5,13H,1-2H3. The first-order valence-corrected chi connectivity index (χ1v) is 8.76. The number of anilines is 1. The quantitative estimate of drug-likeness (QED) is 0.855. The average Bonchev–Trinajstić information content (AvgIpc) is 2.21. The highest BCUT2D eigenvalue weighted by Crippen LogP contribution is 2.26. The van der Waals surface area contributed by atoms with Gasteiger partial charge in [-0.3, -0.25) is 4.72 Å². The van der Waals surface area contributed by atoms with Gasteiger partial charge in [-0.2, -0.15) is 0 Å². The van der Waals surface area contributed by atoms with Gasteiger partial charge in [0, 0.05) is 10.7 Å². The zero-order valence-corrected chi connectivity index (χ0v) is 12.2. The summed E-state index contributed by atoms with van der Waals surface area (Å²) in [5.74, 6) is -2.74. The van der Waals surface area contributed by atoms with E-state index in [2.05, 4.69) is 0 Å². The topological polar surface area (TPSA) is 80.3 Å². The van der Waals surface area contributed by atoms with E-state index in [0.717, 1.165) is 0 Å². The maximum atomic E-state index is 13.5. The van der Waals surface area contributed by atoms with Crippen molar-refractivity contribution in [3.63, 3.8) is 0 Å². The van der Waals surface area contributed by atoms with Crippen molar-refractivity contribution in [1.29, 1.82) is 0 Å². The second-order valence-electron chi connectivity index (χ2n) is 3.90. The van der Waals surface area contributed by atoms with Gasteiger partial charge < -0.3 is 0 Å². The lowest BCUT2D eigenvalue weighted by Gasteiger charge is -2.12. The fourth-order valence-electron chi connectivity index (χ4n) is 1.05. The molecule has 0 radical (unpaired) electrons. The first kappa shape index (κ1) is 16.1. The van der Waals surface area contributed by atoms with Crippen molar-refractivity contribution in [3.05, 3.63) is 23.8 Å². The Morgan fingerprint density at radius 3 is 1.84 bits per heavy atom. The van der Waals surface area contributed by atoms with Crippen molar-refractivity contribution in [2.75, 3.05) is 4.72 Å². The third kappa shape index (κ3) is 3.77. The molecule has 0 aliphatic carbocycles. The summed E-state index contributed by atoms with van der Waals surface area (Å²) in [6.07, 6.45) is 0. The molecule has 0 aliphatic heterocycles. The molecule has 1 aromatic rings. The van der Waals surface area contributed by atoms with E-state index in [-0.39, 0.29) is 0 Å². The zero-order valence-electron chi connectivity index (χ0n) is 9.82. The minimum Gasteiger partial charge on any atom is -0.278 e. The number of benzene rings is 1. The summed E-state index contributed by atoms with van der Waals surface area (Å²) in [6.45, 7) is 2.63. The van der Waals surface area contributed by atoms with Crippen molar-refractivity contribution in [1.82, 2.24) is 0 Å². The first-order valence-electron chi connectivity index (χ1n) is 4.90. The van der Waals surface area contributed by atoms with E-state index in [0.29, 0.717) is 12.1 Å². The Morgan fingerprint density at radius 2 is 1.53 bits per heavy atom. The molecule has 0 atom stereocenters. The molecule has 0 heterocycles. The maximum absolute atomic E-state index is 13.5. The number of hydrogen-bond donors (Lipinski definition) is 1. The van der Waals surface area contributed by atoms with Crippen LogP contribution in [0.1, 0.15) is 13.8 Å². The van der Waals surface area contributed by atoms with Crippen LogP contribution in [0.3, 0.4) is 0 Å². The Labute approximate surface area is 114 Å². The van der Waals surface area contributed by atoms with Gasteiger partial charge >= 0.3 is 0 Å². The van der Waals surface area contributed by atoms with Crippen LogP contribution in [-0.2, 0) is 19.1 Å². The van der Waals surface area contributed by atoms with Gasteiger partial charge in [-0.05, 0) is 26.0 Å². The van der Waals surface area contributed by atoms with Gasteiger partial charge in [0.25, 0.3) is 9.05 Å². The molecule has 108 valence electrons. The molecular formula is C9H10ClF2NO4S2. The lowest BCUT2D eigenvalue weighted by molar-refractivity contribution is 0.572. The summed E-state index contributed by atoms with van der Waals surface area (Å²) in [5, 5.41) is -0.914. The Hall–Kier alpha value is -0.930. The normalized spacial score (nSPS) is 12.7. The predicted octanol–water partition coefficient (Wildman–Crippen LogP) is 2.04. The van der Waals surface area contributed by atoms with Crippen LogP contribution in [0.25, 0.3) is 0 Å². The van der Waals surface area contributed by atoms with Crippen LogP contribution in [0, 0.1) is 11.6 Å². The minimum absolute atomic E-state index is 0.434. The molecule has 0 aliphatic rings. The van der Waals surface area contributed by atoms with E-state index in [4.69, 9.17) is 10.7 Å². The van der Waals surface area contributed by atoms with Crippen molar-refractivity contribution >= 4 is 35.4 Å². The van der Waals surface area contributed by atoms with Crippen LogP contribution in [0.5, 0.6) is 0 Å². The summed E-state index contributed by atoms with van der Waals surface area (Å²) in [5.41, 5.74) is -0.947. The maximum Gasteiger partial charge on any atom is 0.261 e. The van der Waals surface area contributed by atoms with Gasteiger partial charge in [0.1, 0.15) is 5.69 Å². The smallest absolute Gasteiger partial charge is 0.261 e. The number of hydrogen-bond acceptors (Lipinski definition) is 4. The highest BCUT2D eigenvalue weighted by molar-refractivity contribution is 8.13. The van der Waals surface area contributed by atoms with E-state index in [9.17, 15) is 25.6 Å². The van der Waals surface area contributed by atoms with Crippen molar-refractivity contribution in [2.45, 2.75) is 24.0 Å². The molecule has 5 nitrogen and oxygen atoms in total. The van der Waals surface area contributed by atoms with E-state index in [1.54, 1.807) is 4.72 Å². The number of sulfonamides is 1. The Morgan fingerprint density at radius 1 is 1.11 bits per heavy atom. The van der Waals surface area contributed by atoms with E-state index in [1.807, 2.05) is 0 Å². The molecule has 0 unspecified atom stereocenters. The average molecular weight is 334 g/mol. The largest absolute Gasteiger partial charge is 0.278 e. The Balaban J connectivity index is 3.35. The lowest BCUT2D eigenvalue weighted by Crippen LogP contribution is -2.23. The molecule has 1 N–H and O–H groups in total. The Kier molecular flexibility index (Phi) is 4.43. The predicted molar refractivity (Wildman–Crippen MR) is 67.1 cm³/mol. The van der Waals surface area contributed by atoms with Gasteiger partial charge in [-0.25, -0.2) is 25.6 Å². The van der Waals surface area contributed by atoms with E-state index >= 15 is 0 Å². The number of halogens is 3. The highest BCUT2D eigenvalue weighted by atomic mass is 35.7. The van der Waals surface area contributed by atoms with Gasteiger partial charge in [-0.1, -0.05) is 0 Å². The van der Waals surface area contributed by atoms with Crippen molar-refractivity contribution in [2.24, 2.45) is 0 Å². The molecule has 1 aromatic carbocycles. The van der Waals surface area contributed by atoms with Crippen LogP contribution in [0.15, 0.2) is 17.0 Å². The highest BCUT2D eigenvalue weighted by Gasteiger charge is 2.23. The van der Waals surface area contributed by atoms with Gasteiger partial charge in [0.05, 0.1) is 10.1 Å². The second-order valence-corrected chi connectivity index (χ2v) is 8.70. The third-order valence-electron chi connectivity index (χ3n) is 2.16. The van der Waals surface area contributed by atoms with Crippen LogP contribution < -0.4 is 4.72 Å². The SMILES string of the molecule is CC(C)S(=O)(=O)Nc1c(F)cc(S(=O)(=O)Cl)cc1F. The summed E-state index contributed by atoms with van der Waals surface area (Å²) in [7, 11) is -3.33. The summed E-state index contributed by atoms with van der Waals surface area (Å²) in [6, 6.07) is 0.868. The Bertz CT molecular complexity index is 678. The van der Waals surface area contributed by atoms with Crippen LogP contribution in [0.2, 0.25) is 0 Å². The number of rotatable bonds is 4. The molecular weight excluding hydrogens is 324 g/mol. The van der Waals surface area contributed by atoms with Crippen molar-refractivity contribution in [3.8, 4) is 0 Å². The molecule has 10 heteroatoms. The first-order chi connectivity index (χ1) is 8.45. The van der Waals surface area contributed by atoms with Gasteiger partial charge in [0.2, 0.25) is 10.0 Å². The van der Waals surface area contributed by atoms with Crippen LogP contribution in [-0.4, -0.2) is 22.1 Å². The third-order valence-corrected chi connectivity index (χ3v) is 5.23. The van der Waals surface area contributed by atoms with E-state index in [1.165, 1.54) is 13.8 Å². The molecule has 0 amide bonds. The summed E-state index contributed by atoms with van der Waals surface area (Å²) < 4.78 is 73.7. The second kappa shape index (κ2) is 5.22. The molecule has 0 aromatic heterocycles. The fourth-order valence-corrected chi connectivity index (χ4v) is 2.52. The minimum atomic E-state index is -4.31. The molecule has 0 spiro atoms. The number of nitrogens with one attached hydrogen (secondary N) is 1. The zero-order chi connectivity index (χ0) is 15.0. The van der Waals surface area contributed by atoms with Crippen LogP contribution >= 0.6 is 10.7 Å². The molecule has 19 heavy (non-hydrogen) atoms. The lowest BCUT2D eigenvalue weighted by atomic mass is 10.3. The van der Waals surface area contributed by atoms with Crippen LogP contribution in [0.4, 0.5) is 14.5 Å².